The average Bonchev–Trinajstić information content (AvgIpc) is 2.81. The minimum Gasteiger partial charge on any atom is -0.353 e. The van der Waals surface area contributed by atoms with Crippen LogP contribution in [-0.2, 0) is 10.0 Å². The molecule has 0 saturated carbocycles. The van der Waals surface area contributed by atoms with Crippen molar-refractivity contribution >= 4 is 39.0 Å². The number of amides is 1. The van der Waals surface area contributed by atoms with E-state index in [4.69, 9.17) is 11.6 Å². The number of hydrogen-bond acceptors (Lipinski definition) is 5. The molecule has 0 aliphatic carbocycles. The summed E-state index contributed by atoms with van der Waals surface area (Å²) in [6.07, 6.45) is 1.59. The lowest BCUT2D eigenvalue weighted by Crippen LogP contribution is -2.49. The van der Waals surface area contributed by atoms with Crippen molar-refractivity contribution in [2.45, 2.75) is 4.90 Å². The van der Waals surface area contributed by atoms with Gasteiger partial charge >= 0.3 is 0 Å². The maximum Gasteiger partial charge on any atom is 0.261 e. The second-order valence-electron chi connectivity index (χ2n) is 7.25. The predicted molar refractivity (Wildman–Crippen MR) is 121 cm³/mol. The molecule has 2 heterocycles. The number of carbonyl (C=O) groups excluding carboxylic acids is 1. The summed E-state index contributed by atoms with van der Waals surface area (Å²) in [6, 6.07) is 14.4. The van der Waals surface area contributed by atoms with E-state index in [-0.39, 0.29) is 16.5 Å². The van der Waals surface area contributed by atoms with Gasteiger partial charge in [0.05, 0.1) is 9.92 Å². The summed E-state index contributed by atoms with van der Waals surface area (Å²) in [5.74, 6) is 0.190. The van der Waals surface area contributed by atoms with E-state index < -0.39 is 15.8 Å². The monoisotopic (exact) mass is 474 g/mol. The van der Waals surface area contributed by atoms with Crippen LogP contribution in [0.2, 0.25) is 5.02 Å². The van der Waals surface area contributed by atoms with Crippen molar-refractivity contribution in [3.63, 3.8) is 0 Å². The number of nitrogens with zero attached hydrogens (tertiary/aromatic N) is 3. The fourth-order valence-corrected chi connectivity index (χ4v) is 4.56. The van der Waals surface area contributed by atoms with E-state index in [0.717, 1.165) is 5.82 Å². The maximum atomic E-state index is 13.0. The molecule has 1 amide bonds. The largest absolute Gasteiger partial charge is 0.353 e. The summed E-state index contributed by atoms with van der Waals surface area (Å²) < 4.78 is 40.5. The lowest BCUT2D eigenvalue weighted by atomic mass is 10.2. The summed E-state index contributed by atoms with van der Waals surface area (Å²) in [7, 11) is -3.85. The number of aromatic nitrogens is 1. The van der Waals surface area contributed by atoms with Crippen LogP contribution in [0.4, 0.5) is 15.9 Å². The molecule has 3 aromatic rings. The summed E-state index contributed by atoms with van der Waals surface area (Å²) in [6.45, 7) is 2.31. The SMILES string of the molecule is O=C(c1ccc(S(=O)(=O)Nc2ccc(F)cc2)cc1)N1CCN(c2ccc(Cl)cn2)CC1. The van der Waals surface area contributed by atoms with E-state index >= 15 is 0 Å². The topological polar surface area (TPSA) is 82.6 Å². The number of sulfonamides is 1. The maximum absolute atomic E-state index is 13.0. The van der Waals surface area contributed by atoms with Crippen molar-refractivity contribution in [3.8, 4) is 0 Å². The van der Waals surface area contributed by atoms with Crippen LogP contribution in [0.5, 0.6) is 0 Å². The van der Waals surface area contributed by atoms with Crippen molar-refractivity contribution in [2.24, 2.45) is 0 Å². The van der Waals surface area contributed by atoms with Gasteiger partial charge < -0.3 is 9.80 Å². The molecule has 0 bridgehead atoms. The van der Waals surface area contributed by atoms with E-state index in [1.165, 1.54) is 48.5 Å². The Morgan fingerprint density at radius 2 is 1.59 bits per heavy atom. The highest BCUT2D eigenvalue weighted by Gasteiger charge is 2.23. The zero-order valence-corrected chi connectivity index (χ0v) is 18.5. The lowest BCUT2D eigenvalue weighted by Gasteiger charge is -2.35. The van der Waals surface area contributed by atoms with Gasteiger partial charge in [-0.25, -0.2) is 17.8 Å². The fourth-order valence-electron chi connectivity index (χ4n) is 3.38. The van der Waals surface area contributed by atoms with Gasteiger partial charge in [0.2, 0.25) is 0 Å². The zero-order valence-electron chi connectivity index (χ0n) is 16.9. The Bertz CT molecular complexity index is 1200. The third-order valence-electron chi connectivity index (χ3n) is 5.11. The number of rotatable bonds is 5. The van der Waals surface area contributed by atoms with Crippen molar-refractivity contribution < 1.29 is 17.6 Å². The highest BCUT2D eigenvalue weighted by atomic mass is 35.5. The first-order chi connectivity index (χ1) is 15.3. The molecule has 0 radical (unpaired) electrons. The molecule has 166 valence electrons. The molecule has 0 unspecified atom stereocenters. The van der Waals surface area contributed by atoms with Gasteiger partial charge in [-0.1, -0.05) is 11.6 Å². The van der Waals surface area contributed by atoms with Gasteiger partial charge in [0, 0.05) is 43.6 Å². The number of benzene rings is 2. The first-order valence-corrected chi connectivity index (χ1v) is 11.7. The summed E-state index contributed by atoms with van der Waals surface area (Å²) >= 11 is 5.88. The standard InChI is InChI=1S/C22H20ClFN4O3S/c23-17-3-10-21(25-15-17)27-11-13-28(14-12-27)22(29)16-1-8-20(9-2-16)32(30,31)26-19-6-4-18(24)5-7-19/h1-10,15,26H,11-14H2. The number of anilines is 2. The lowest BCUT2D eigenvalue weighted by molar-refractivity contribution is 0.0746. The number of carbonyl (C=O) groups is 1. The first-order valence-electron chi connectivity index (χ1n) is 9.86. The number of nitrogens with one attached hydrogen (secondary N) is 1. The highest BCUT2D eigenvalue weighted by molar-refractivity contribution is 7.92. The molecule has 7 nitrogen and oxygen atoms in total. The summed E-state index contributed by atoms with van der Waals surface area (Å²) in [5.41, 5.74) is 0.656. The molecule has 1 fully saturated rings. The highest BCUT2D eigenvalue weighted by Crippen LogP contribution is 2.20. The Morgan fingerprint density at radius 3 is 2.19 bits per heavy atom. The first kappa shape index (κ1) is 22.0. The van der Waals surface area contributed by atoms with Gasteiger partial charge in [-0.2, -0.15) is 0 Å². The third kappa shape index (κ3) is 5.00. The molecule has 1 aromatic heterocycles. The Labute approximate surface area is 190 Å². The molecule has 1 saturated heterocycles. The van der Waals surface area contributed by atoms with Crippen LogP contribution in [0.1, 0.15) is 10.4 Å². The van der Waals surface area contributed by atoms with Crippen LogP contribution >= 0.6 is 11.6 Å². The molecule has 32 heavy (non-hydrogen) atoms. The smallest absolute Gasteiger partial charge is 0.261 e. The van der Waals surface area contributed by atoms with E-state index in [0.29, 0.717) is 36.8 Å². The van der Waals surface area contributed by atoms with Gasteiger partial charge in [0.15, 0.2) is 0 Å². The normalized spacial score (nSPS) is 14.3. The number of hydrogen-bond donors (Lipinski definition) is 1. The average molecular weight is 475 g/mol. The van der Waals surface area contributed by atoms with Crippen LogP contribution in [0, 0.1) is 5.82 Å². The Kier molecular flexibility index (Phi) is 6.29. The van der Waals surface area contributed by atoms with E-state index in [9.17, 15) is 17.6 Å². The van der Waals surface area contributed by atoms with E-state index in [2.05, 4.69) is 14.6 Å². The third-order valence-corrected chi connectivity index (χ3v) is 6.73. The molecule has 10 heteroatoms. The molecule has 1 aliphatic heterocycles. The Hall–Kier alpha value is -3.17. The Morgan fingerprint density at radius 1 is 0.938 bits per heavy atom. The van der Waals surface area contributed by atoms with Gasteiger partial charge in [-0.15, -0.1) is 0 Å². The minimum absolute atomic E-state index is 0.0111. The van der Waals surface area contributed by atoms with Gasteiger partial charge in [0.25, 0.3) is 15.9 Å². The van der Waals surface area contributed by atoms with Gasteiger partial charge in [0.1, 0.15) is 11.6 Å². The number of halogens is 2. The zero-order chi connectivity index (χ0) is 22.7. The van der Waals surface area contributed by atoms with E-state index in [1.54, 1.807) is 17.2 Å². The molecule has 4 rings (SSSR count). The molecule has 1 N–H and O–H groups in total. The van der Waals surface area contributed by atoms with Crippen molar-refractivity contribution in [3.05, 3.63) is 83.3 Å². The van der Waals surface area contributed by atoms with Gasteiger partial charge in [-0.3, -0.25) is 9.52 Å². The molecule has 2 aromatic carbocycles. The summed E-state index contributed by atoms with van der Waals surface area (Å²) in [4.78, 5) is 21.0. The molecular formula is C22H20ClFN4O3S. The molecule has 1 aliphatic rings. The second-order valence-corrected chi connectivity index (χ2v) is 9.37. The number of piperazine rings is 1. The Balaban J connectivity index is 1.39. The fraction of sp³-hybridized carbons (Fsp3) is 0.182. The van der Waals surface area contributed by atoms with Crippen molar-refractivity contribution in [1.29, 1.82) is 0 Å². The minimum atomic E-state index is -3.85. The molecule has 0 atom stereocenters. The van der Waals surface area contributed by atoms with Crippen LogP contribution in [-0.4, -0.2) is 50.4 Å². The molecular weight excluding hydrogens is 455 g/mol. The molecule has 0 spiro atoms. The van der Waals surface area contributed by atoms with Crippen molar-refractivity contribution in [1.82, 2.24) is 9.88 Å². The number of pyridine rings is 1. The van der Waals surface area contributed by atoms with Crippen LogP contribution in [0.15, 0.2) is 71.8 Å². The predicted octanol–water partition coefficient (Wildman–Crippen LogP) is 3.64. The van der Waals surface area contributed by atoms with Gasteiger partial charge in [-0.05, 0) is 60.7 Å². The summed E-state index contributed by atoms with van der Waals surface area (Å²) in [5, 5.41) is 0.570. The van der Waals surface area contributed by atoms with Crippen LogP contribution in [0.3, 0.4) is 0 Å². The second kappa shape index (κ2) is 9.13. The van der Waals surface area contributed by atoms with Crippen LogP contribution < -0.4 is 9.62 Å². The van der Waals surface area contributed by atoms with E-state index in [1.807, 2.05) is 6.07 Å². The van der Waals surface area contributed by atoms with Crippen LogP contribution in [0.25, 0.3) is 0 Å². The van der Waals surface area contributed by atoms with Crippen molar-refractivity contribution in [2.75, 3.05) is 35.8 Å². The quantitative estimate of drug-likeness (QED) is 0.610.